The second-order valence-electron chi connectivity index (χ2n) is 9.24. The molecule has 0 bridgehead atoms. The van der Waals surface area contributed by atoms with Gasteiger partial charge in [0, 0.05) is 19.1 Å². The minimum atomic E-state index is -0.916. The van der Waals surface area contributed by atoms with Gasteiger partial charge in [-0.3, -0.25) is 29.1 Å². The normalized spacial score (nSPS) is 26.2. The van der Waals surface area contributed by atoms with Crippen molar-refractivity contribution in [1.29, 1.82) is 0 Å². The molecule has 7 amide bonds. The molecule has 2 heterocycles. The lowest BCUT2D eigenvalue weighted by Crippen LogP contribution is -2.61. The first-order valence-electron chi connectivity index (χ1n) is 11.1. The summed E-state index contributed by atoms with van der Waals surface area (Å²) in [5.74, 6) is -2.10. The van der Waals surface area contributed by atoms with Gasteiger partial charge in [0.2, 0.25) is 0 Å². The van der Waals surface area contributed by atoms with E-state index in [1.807, 2.05) is 6.92 Å². The molecule has 176 valence electrons. The van der Waals surface area contributed by atoms with Crippen LogP contribution < -0.4 is 16.8 Å². The number of imide groups is 3. The molecular formula is C21H32N6O5. The van der Waals surface area contributed by atoms with E-state index in [0.29, 0.717) is 38.6 Å². The summed E-state index contributed by atoms with van der Waals surface area (Å²) < 4.78 is 0. The highest BCUT2D eigenvalue weighted by Gasteiger charge is 2.48. The van der Waals surface area contributed by atoms with Gasteiger partial charge in [0.15, 0.2) is 0 Å². The largest absolute Gasteiger partial charge is 0.385 e. The first-order valence-corrected chi connectivity index (χ1v) is 11.1. The van der Waals surface area contributed by atoms with E-state index in [0.717, 1.165) is 16.2 Å². The number of amides is 7. The number of carbonyl (C=O) groups excluding carboxylic acids is 5. The van der Waals surface area contributed by atoms with Crippen molar-refractivity contribution < 1.29 is 24.0 Å². The maximum absolute atomic E-state index is 13.0. The fourth-order valence-corrected chi connectivity index (χ4v) is 4.56. The lowest BCUT2D eigenvalue weighted by Gasteiger charge is -2.41. The Kier molecular flexibility index (Phi) is 6.47. The minimum absolute atomic E-state index is 0.0669. The zero-order valence-electron chi connectivity index (χ0n) is 18.8. The van der Waals surface area contributed by atoms with Crippen molar-refractivity contribution in [2.45, 2.75) is 70.9 Å². The van der Waals surface area contributed by atoms with Gasteiger partial charge in [0.1, 0.15) is 16.9 Å². The van der Waals surface area contributed by atoms with Crippen LogP contribution in [0.15, 0.2) is 11.4 Å². The highest BCUT2D eigenvalue weighted by Crippen LogP contribution is 2.33. The molecule has 0 unspecified atom stereocenters. The molecule has 3 aliphatic rings. The van der Waals surface area contributed by atoms with Crippen LogP contribution in [0, 0.1) is 5.92 Å². The number of barbiturate groups is 1. The Morgan fingerprint density at radius 3 is 2.12 bits per heavy atom. The number of hydrogen-bond donors (Lipinski definition) is 3. The zero-order chi connectivity index (χ0) is 23.8. The van der Waals surface area contributed by atoms with Gasteiger partial charge in [0.25, 0.3) is 17.7 Å². The Morgan fingerprint density at radius 2 is 1.62 bits per heavy atom. The molecule has 11 nitrogen and oxygen atoms in total. The lowest BCUT2D eigenvalue weighted by molar-refractivity contribution is -0.138. The SMILES string of the molecule is CCCCN1C(=O)C(=C(N)N)C(=O)N(C2CCC(CN3C(=O)NC(C)(C)C3=O)CC2)C1=O. The fraction of sp³-hybridized carbons (Fsp3) is 0.667. The van der Waals surface area contributed by atoms with Gasteiger partial charge in [0.05, 0.1) is 0 Å². The molecule has 0 atom stereocenters. The van der Waals surface area contributed by atoms with E-state index in [-0.39, 0.29) is 23.9 Å². The van der Waals surface area contributed by atoms with Crippen molar-refractivity contribution in [3.8, 4) is 0 Å². The molecular weight excluding hydrogens is 416 g/mol. The van der Waals surface area contributed by atoms with Crippen molar-refractivity contribution in [3.63, 3.8) is 0 Å². The van der Waals surface area contributed by atoms with Crippen molar-refractivity contribution >= 4 is 29.8 Å². The highest BCUT2D eigenvalue weighted by molar-refractivity contribution is 6.29. The Labute approximate surface area is 187 Å². The molecule has 0 aromatic heterocycles. The molecule has 2 aliphatic heterocycles. The zero-order valence-corrected chi connectivity index (χ0v) is 18.8. The molecule has 0 spiro atoms. The van der Waals surface area contributed by atoms with Gasteiger partial charge in [-0.25, -0.2) is 9.59 Å². The van der Waals surface area contributed by atoms with Crippen LogP contribution in [0.5, 0.6) is 0 Å². The van der Waals surface area contributed by atoms with E-state index in [9.17, 15) is 24.0 Å². The minimum Gasteiger partial charge on any atom is -0.385 e. The Balaban J connectivity index is 1.70. The molecule has 11 heteroatoms. The van der Waals surface area contributed by atoms with Crippen LogP contribution in [-0.2, 0) is 14.4 Å². The molecule has 0 aromatic rings. The monoisotopic (exact) mass is 448 g/mol. The van der Waals surface area contributed by atoms with E-state index in [1.165, 1.54) is 4.90 Å². The second-order valence-corrected chi connectivity index (χ2v) is 9.24. The third-order valence-electron chi connectivity index (χ3n) is 6.42. The van der Waals surface area contributed by atoms with Crippen molar-refractivity contribution in [1.82, 2.24) is 20.0 Å². The number of nitrogens with two attached hydrogens (primary N) is 2. The first kappa shape index (κ1) is 23.6. The van der Waals surface area contributed by atoms with Crippen LogP contribution in [0.4, 0.5) is 9.59 Å². The topological polar surface area (TPSA) is 159 Å². The average molecular weight is 449 g/mol. The summed E-state index contributed by atoms with van der Waals surface area (Å²) >= 11 is 0. The molecule has 1 aliphatic carbocycles. The van der Waals surface area contributed by atoms with E-state index in [1.54, 1.807) is 13.8 Å². The number of unbranched alkanes of at least 4 members (excludes halogenated alkanes) is 1. The van der Waals surface area contributed by atoms with Crippen LogP contribution in [0.3, 0.4) is 0 Å². The number of nitrogens with one attached hydrogen (secondary N) is 1. The van der Waals surface area contributed by atoms with E-state index >= 15 is 0 Å². The lowest BCUT2D eigenvalue weighted by atomic mass is 9.84. The van der Waals surface area contributed by atoms with Crippen LogP contribution in [0.1, 0.15) is 59.3 Å². The number of hydrogen-bond acceptors (Lipinski definition) is 7. The van der Waals surface area contributed by atoms with Gasteiger partial charge in [-0.1, -0.05) is 13.3 Å². The van der Waals surface area contributed by atoms with Crippen molar-refractivity contribution in [3.05, 3.63) is 11.4 Å². The van der Waals surface area contributed by atoms with E-state index < -0.39 is 41.3 Å². The quantitative estimate of drug-likeness (QED) is 0.305. The van der Waals surface area contributed by atoms with Crippen LogP contribution >= 0.6 is 0 Å². The van der Waals surface area contributed by atoms with Gasteiger partial charge in [-0.2, -0.15) is 0 Å². The van der Waals surface area contributed by atoms with Gasteiger partial charge >= 0.3 is 12.1 Å². The van der Waals surface area contributed by atoms with Crippen molar-refractivity contribution in [2.75, 3.05) is 13.1 Å². The summed E-state index contributed by atoms with van der Waals surface area (Å²) in [6, 6.07) is -1.45. The third kappa shape index (κ3) is 4.15. The Hall–Kier alpha value is -3.11. The fourth-order valence-electron chi connectivity index (χ4n) is 4.56. The molecule has 0 aromatic carbocycles. The summed E-state index contributed by atoms with van der Waals surface area (Å²) in [6.45, 7) is 5.75. The predicted octanol–water partition coefficient (Wildman–Crippen LogP) is 0.596. The summed E-state index contributed by atoms with van der Waals surface area (Å²) in [5.41, 5.74) is 9.95. The summed E-state index contributed by atoms with van der Waals surface area (Å²) in [7, 11) is 0. The second kappa shape index (κ2) is 8.79. The molecule has 32 heavy (non-hydrogen) atoms. The maximum atomic E-state index is 13.0. The number of carbonyl (C=O) groups is 5. The first-order chi connectivity index (χ1) is 15.0. The van der Waals surface area contributed by atoms with Crippen LogP contribution in [0.2, 0.25) is 0 Å². The molecule has 5 N–H and O–H groups in total. The Morgan fingerprint density at radius 1 is 1.00 bits per heavy atom. The van der Waals surface area contributed by atoms with Gasteiger partial charge < -0.3 is 16.8 Å². The standard InChI is InChI=1S/C21H32N6O5/c1-4-5-10-25-16(28)14(15(22)23)17(29)27(20(25)32)13-8-6-12(7-9-13)11-26-18(30)21(2,3)24-19(26)31/h12-13H,4-11,22-23H2,1-3H3,(H,24,31). The average Bonchev–Trinajstić information content (AvgIpc) is 2.90. The van der Waals surface area contributed by atoms with Crippen molar-refractivity contribution in [2.24, 2.45) is 17.4 Å². The molecule has 1 saturated carbocycles. The van der Waals surface area contributed by atoms with Gasteiger partial charge in [-0.15, -0.1) is 0 Å². The number of nitrogens with zero attached hydrogens (tertiary/aromatic N) is 3. The summed E-state index contributed by atoms with van der Waals surface area (Å²) in [5, 5.41) is 2.67. The van der Waals surface area contributed by atoms with Crippen LogP contribution in [-0.4, -0.2) is 69.2 Å². The maximum Gasteiger partial charge on any atom is 0.334 e. The smallest absolute Gasteiger partial charge is 0.334 e. The van der Waals surface area contributed by atoms with E-state index in [4.69, 9.17) is 11.5 Å². The number of rotatable bonds is 6. The summed E-state index contributed by atoms with van der Waals surface area (Å²) in [4.78, 5) is 66.6. The van der Waals surface area contributed by atoms with E-state index in [2.05, 4.69) is 5.32 Å². The molecule has 0 radical (unpaired) electrons. The highest BCUT2D eigenvalue weighted by atomic mass is 16.2. The third-order valence-corrected chi connectivity index (χ3v) is 6.42. The number of urea groups is 2. The molecule has 3 fully saturated rings. The van der Waals surface area contributed by atoms with Crippen LogP contribution in [0.25, 0.3) is 0 Å². The molecule has 3 rings (SSSR count). The molecule has 2 saturated heterocycles. The summed E-state index contributed by atoms with van der Waals surface area (Å²) in [6.07, 6.45) is 3.63. The van der Waals surface area contributed by atoms with Gasteiger partial charge in [-0.05, 0) is 51.9 Å². The predicted molar refractivity (Wildman–Crippen MR) is 114 cm³/mol. The Bertz CT molecular complexity index is 870.